The number of hydrogen-bond donors (Lipinski definition) is 3. The highest BCUT2D eigenvalue weighted by Gasteiger charge is 2.21. The van der Waals surface area contributed by atoms with Crippen LogP contribution in [0.3, 0.4) is 0 Å². The maximum absolute atomic E-state index is 12.7. The fourth-order valence-corrected chi connectivity index (χ4v) is 3.92. The Kier molecular flexibility index (Phi) is 4.40. The number of aryl methyl sites for hydroxylation is 1. The summed E-state index contributed by atoms with van der Waals surface area (Å²) in [6, 6.07) is 10.1. The van der Waals surface area contributed by atoms with Crippen LogP contribution in [-0.2, 0) is 25.8 Å². The van der Waals surface area contributed by atoms with Crippen LogP contribution in [0.1, 0.15) is 45.6 Å². The molecule has 1 amide bonds. The summed E-state index contributed by atoms with van der Waals surface area (Å²) in [4.78, 5) is 27.4. The number of benzene rings is 1. The molecule has 0 saturated carbocycles. The van der Waals surface area contributed by atoms with Crippen molar-refractivity contribution in [2.45, 2.75) is 44.7 Å². The minimum atomic E-state index is -0.185. The van der Waals surface area contributed by atoms with Crippen LogP contribution < -0.4 is 16.2 Å². The topological polar surface area (TPSA) is 74.0 Å². The van der Waals surface area contributed by atoms with E-state index in [0.29, 0.717) is 12.1 Å². The number of aromatic nitrogens is 1. The molecule has 1 aromatic carbocycles. The molecule has 0 bridgehead atoms. The average Bonchev–Trinajstić information content (AvgIpc) is 2.65. The van der Waals surface area contributed by atoms with E-state index in [4.69, 9.17) is 0 Å². The van der Waals surface area contributed by atoms with Gasteiger partial charge in [0.25, 0.3) is 5.91 Å². The van der Waals surface area contributed by atoms with Crippen molar-refractivity contribution >= 4 is 5.91 Å². The summed E-state index contributed by atoms with van der Waals surface area (Å²) in [6.45, 7) is 1.39. The highest BCUT2D eigenvalue weighted by atomic mass is 16.2. The lowest BCUT2D eigenvalue weighted by Gasteiger charge is -2.26. The van der Waals surface area contributed by atoms with Gasteiger partial charge in [0.1, 0.15) is 0 Å². The summed E-state index contributed by atoms with van der Waals surface area (Å²) >= 11 is 0. The van der Waals surface area contributed by atoms with Crippen LogP contribution in [0.5, 0.6) is 0 Å². The lowest BCUT2D eigenvalue weighted by Crippen LogP contribution is -2.44. The van der Waals surface area contributed by atoms with E-state index in [2.05, 4.69) is 39.9 Å². The van der Waals surface area contributed by atoms with E-state index in [1.165, 1.54) is 17.2 Å². The zero-order valence-corrected chi connectivity index (χ0v) is 14.2. The fourth-order valence-electron chi connectivity index (χ4n) is 3.92. The van der Waals surface area contributed by atoms with Crippen LogP contribution in [0.25, 0.3) is 0 Å². The first-order valence-corrected chi connectivity index (χ1v) is 9.04. The smallest absolute Gasteiger partial charge is 0.251 e. The van der Waals surface area contributed by atoms with Gasteiger partial charge in [0.2, 0.25) is 5.56 Å². The Morgan fingerprint density at radius 1 is 1.16 bits per heavy atom. The van der Waals surface area contributed by atoms with Gasteiger partial charge in [-0.25, -0.2) is 0 Å². The molecule has 1 aliphatic carbocycles. The zero-order chi connectivity index (χ0) is 17.2. The van der Waals surface area contributed by atoms with Gasteiger partial charge in [-0.3, -0.25) is 9.59 Å². The van der Waals surface area contributed by atoms with Gasteiger partial charge in [-0.2, -0.15) is 0 Å². The summed E-state index contributed by atoms with van der Waals surface area (Å²) in [5, 5.41) is 6.50. The van der Waals surface area contributed by atoms with Gasteiger partial charge >= 0.3 is 0 Å². The number of carbonyl (C=O) groups excluding carboxylic acids is 1. The summed E-state index contributed by atoms with van der Waals surface area (Å²) < 4.78 is 0. The molecule has 0 spiro atoms. The Labute approximate surface area is 146 Å². The van der Waals surface area contributed by atoms with Crippen molar-refractivity contribution in [3.63, 3.8) is 0 Å². The minimum absolute atomic E-state index is 0.134. The number of rotatable bonds is 3. The van der Waals surface area contributed by atoms with Crippen molar-refractivity contribution in [1.82, 2.24) is 15.6 Å². The molecule has 4 rings (SSSR count). The Morgan fingerprint density at radius 2 is 1.96 bits per heavy atom. The molecule has 5 nitrogen and oxygen atoms in total. The molecule has 1 aromatic heterocycles. The SMILES string of the molecule is O=C(NCC1Cc2ccccc2CN1)c1cc(=O)[nH]c2c1CCCC2. The van der Waals surface area contributed by atoms with Crippen LogP contribution >= 0.6 is 0 Å². The normalized spacial score (nSPS) is 19.0. The third-order valence-electron chi connectivity index (χ3n) is 5.26. The van der Waals surface area contributed by atoms with E-state index in [0.717, 1.165) is 49.9 Å². The number of fused-ring (bicyclic) bond motifs is 2. The molecule has 1 atom stereocenters. The first-order valence-electron chi connectivity index (χ1n) is 9.04. The van der Waals surface area contributed by atoms with Gasteiger partial charge in [0, 0.05) is 36.5 Å². The van der Waals surface area contributed by atoms with Gasteiger partial charge in [-0.05, 0) is 48.8 Å². The number of aromatic amines is 1. The molecule has 2 aliphatic rings. The largest absolute Gasteiger partial charge is 0.350 e. The predicted octanol–water partition coefficient (Wildman–Crippen LogP) is 1.70. The second kappa shape index (κ2) is 6.84. The fraction of sp³-hybridized carbons (Fsp3) is 0.400. The number of amides is 1. The summed E-state index contributed by atoms with van der Waals surface area (Å²) in [5.74, 6) is -0.134. The molecule has 2 heterocycles. The molecule has 25 heavy (non-hydrogen) atoms. The molecule has 2 aromatic rings. The number of nitrogens with one attached hydrogen (secondary N) is 3. The van der Waals surface area contributed by atoms with Crippen molar-refractivity contribution in [3.8, 4) is 0 Å². The predicted molar refractivity (Wildman–Crippen MR) is 96.8 cm³/mol. The molecule has 1 unspecified atom stereocenters. The van der Waals surface area contributed by atoms with E-state index in [-0.39, 0.29) is 17.5 Å². The van der Waals surface area contributed by atoms with Crippen molar-refractivity contribution in [2.75, 3.05) is 6.54 Å². The van der Waals surface area contributed by atoms with Crippen LogP contribution in [-0.4, -0.2) is 23.5 Å². The van der Waals surface area contributed by atoms with Crippen LogP contribution in [0, 0.1) is 0 Å². The number of hydrogen-bond acceptors (Lipinski definition) is 3. The van der Waals surface area contributed by atoms with E-state index in [1.807, 2.05) is 0 Å². The molecule has 130 valence electrons. The molecule has 1 aliphatic heterocycles. The molecular formula is C20H23N3O2. The molecular weight excluding hydrogens is 314 g/mol. The molecule has 3 N–H and O–H groups in total. The highest BCUT2D eigenvalue weighted by Crippen LogP contribution is 2.21. The van der Waals surface area contributed by atoms with Gasteiger partial charge in [0.05, 0.1) is 0 Å². The zero-order valence-electron chi connectivity index (χ0n) is 14.2. The number of pyridine rings is 1. The Morgan fingerprint density at radius 3 is 2.84 bits per heavy atom. The van der Waals surface area contributed by atoms with Crippen molar-refractivity contribution in [3.05, 3.63) is 68.6 Å². The van der Waals surface area contributed by atoms with Crippen LogP contribution in [0.4, 0.5) is 0 Å². The second-order valence-corrected chi connectivity index (χ2v) is 6.97. The lowest BCUT2D eigenvalue weighted by atomic mass is 9.92. The van der Waals surface area contributed by atoms with Crippen molar-refractivity contribution in [1.29, 1.82) is 0 Å². The van der Waals surface area contributed by atoms with E-state index in [1.54, 1.807) is 0 Å². The maximum atomic E-state index is 12.7. The van der Waals surface area contributed by atoms with Gasteiger partial charge in [-0.1, -0.05) is 24.3 Å². The summed E-state index contributed by atoms with van der Waals surface area (Å²) in [5.41, 5.74) is 4.99. The minimum Gasteiger partial charge on any atom is -0.350 e. The first-order chi connectivity index (χ1) is 12.2. The van der Waals surface area contributed by atoms with E-state index < -0.39 is 0 Å². The number of H-pyrrole nitrogens is 1. The van der Waals surface area contributed by atoms with Crippen LogP contribution in [0.2, 0.25) is 0 Å². The Hall–Kier alpha value is -2.40. The maximum Gasteiger partial charge on any atom is 0.251 e. The first kappa shape index (κ1) is 16.1. The van der Waals surface area contributed by atoms with Gasteiger partial charge in [0.15, 0.2) is 0 Å². The molecule has 0 saturated heterocycles. The quantitative estimate of drug-likeness (QED) is 0.798. The highest BCUT2D eigenvalue weighted by molar-refractivity contribution is 5.95. The van der Waals surface area contributed by atoms with Crippen LogP contribution in [0.15, 0.2) is 35.1 Å². The standard InChI is InChI=1S/C20H23N3O2/c24-19-10-17(16-7-3-4-8-18(16)23-19)20(25)22-12-15-9-13-5-1-2-6-14(13)11-21-15/h1-2,5-6,10,15,21H,3-4,7-9,11-12H2,(H,22,25)(H,23,24). The monoisotopic (exact) mass is 337 g/mol. The lowest BCUT2D eigenvalue weighted by molar-refractivity contribution is 0.0947. The van der Waals surface area contributed by atoms with E-state index in [9.17, 15) is 9.59 Å². The van der Waals surface area contributed by atoms with Gasteiger partial charge < -0.3 is 15.6 Å². The Bertz CT molecular complexity index is 856. The average molecular weight is 337 g/mol. The third kappa shape index (κ3) is 3.37. The third-order valence-corrected chi connectivity index (χ3v) is 5.26. The molecule has 5 heteroatoms. The van der Waals surface area contributed by atoms with Gasteiger partial charge in [-0.15, -0.1) is 0 Å². The van der Waals surface area contributed by atoms with Crippen molar-refractivity contribution < 1.29 is 4.79 Å². The van der Waals surface area contributed by atoms with E-state index >= 15 is 0 Å². The summed E-state index contributed by atoms with van der Waals surface area (Å²) in [6.07, 6.45) is 4.76. The summed E-state index contributed by atoms with van der Waals surface area (Å²) in [7, 11) is 0. The molecule has 0 fully saturated rings. The Balaban J connectivity index is 1.45. The second-order valence-electron chi connectivity index (χ2n) is 6.97. The van der Waals surface area contributed by atoms with Crippen molar-refractivity contribution in [2.24, 2.45) is 0 Å². The number of carbonyl (C=O) groups is 1. The molecule has 0 radical (unpaired) electrons.